The molecule has 296 valence electrons. The van der Waals surface area contributed by atoms with Gasteiger partial charge in [-0.1, -0.05) is 194 Å². The van der Waals surface area contributed by atoms with E-state index >= 15 is 0 Å². The lowest BCUT2D eigenvalue weighted by molar-refractivity contribution is 0.669. The van der Waals surface area contributed by atoms with Gasteiger partial charge >= 0.3 is 0 Å². The molecule has 1 heterocycles. The van der Waals surface area contributed by atoms with Gasteiger partial charge in [0.15, 0.2) is 0 Å². The fourth-order valence-corrected chi connectivity index (χ4v) is 10.1. The van der Waals surface area contributed by atoms with Gasteiger partial charge in [-0.05, 0) is 121 Å². The molecule has 1 aliphatic carbocycles. The molecule has 11 aromatic rings. The van der Waals surface area contributed by atoms with Crippen LogP contribution in [-0.4, -0.2) is 0 Å². The van der Waals surface area contributed by atoms with E-state index in [1.54, 1.807) is 0 Å². The van der Waals surface area contributed by atoms with Crippen molar-refractivity contribution < 1.29 is 4.42 Å². The van der Waals surface area contributed by atoms with Gasteiger partial charge in [-0.15, -0.1) is 0 Å². The van der Waals surface area contributed by atoms with E-state index in [0.29, 0.717) is 0 Å². The van der Waals surface area contributed by atoms with Crippen molar-refractivity contribution in [3.63, 3.8) is 0 Å². The molecular weight excluding hydrogens is 763 g/mol. The summed E-state index contributed by atoms with van der Waals surface area (Å²) in [5, 5.41) is 2.25. The van der Waals surface area contributed by atoms with Crippen molar-refractivity contribution in [2.75, 3.05) is 4.90 Å². The van der Waals surface area contributed by atoms with Crippen LogP contribution in [0.1, 0.15) is 22.3 Å². The van der Waals surface area contributed by atoms with Gasteiger partial charge in [0.05, 0.1) is 5.41 Å². The molecule has 0 saturated carbocycles. The zero-order valence-electron chi connectivity index (χ0n) is 34.5. The van der Waals surface area contributed by atoms with Crippen LogP contribution in [0.15, 0.2) is 253 Å². The van der Waals surface area contributed by atoms with E-state index in [0.717, 1.165) is 55.7 Å². The van der Waals surface area contributed by atoms with Crippen LogP contribution < -0.4 is 4.90 Å². The van der Waals surface area contributed by atoms with Gasteiger partial charge in [-0.25, -0.2) is 0 Å². The predicted octanol–water partition coefficient (Wildman–Crippen LogP) is 16.4. The molecule has 10 aromatic carbocycles. The zero-order valence-corrected chi connectivity index (χ0v) is 34.5. The van der Waals surface area contributed by atoms with Gasteiger partial charge in [0.1, 0.15) is 11.2 Å². The molecule has 0 atom stereocenters. The molecule has 0 N–H and O–H groups in total. The number of hydrogen-bond donors (Lipinski definition) is 0. The zero-order chi connectivity index (χ0) is 41.7. The quantitative estimate of drug-likeness (QED) is 0.152. The topological polar surface area (TPSA) is 16.4 Å². The van der Waals surface area contributed by atoms with Crippen molar-refractivity contribution in [1.29, 1.82) is 0 Å². The van der Waals surface area contributed by atoms with Gasteiger partial charge in [0.2, 0.25) is 0 Å². The molecular formula is C61H41NO. The Hall–Kier alpha value is -8.20. The second-order valence-corrected chi connectivity index (χ2v) is 16.4. The van der Waals surface area contributed by atoms with Gasteiger partial charge < -0.3 is 9.32 Å². The summed E-state index contributed by atoms with van der Waals surface area (Å²) in [4.78, 5) is 2.40. The van der Waals surface area contributed by atoms with Crippen molar-refractivity contribution >= 4 is 39.0 Å². The molecule has 12 rings (SSSR count). The molecule has 1 aliphatic rings. The van der Waals surface area contributed by atoms with E-state index in [-0.39, 0.29) is 0 Å². The van der Waals surface area contributed by atoms with Gasteiger partial charge in [0.25, 0.3) is 0 Å². The summed E-state index contributed by atoms with van der Waals surface area (Å²) < 4.78 is 6.21. The van der Waals surface area contributed by atoms with Gasteiger partial charge in [-0.3, -0.25) is 0 Å². The first-order valence-corrected chi connectivity index (χ1v) is 21.7. The monoisotopic (exact) mass is 803 g/mol. The third-order valence-corrected chi connectivity index (χ3v) is 13.0. The summed E-state index contributed by atoms with van der Waals surface area (Å²) in [6, 6.07) is 90.3. The highest BCUT2D eigenvalue weighted by molar-refractivity contribution is 6.06. The maximum absolute atomic E-state index is 6.21. The average Bonchev–Trinajstić information content (AvgIpc) is 3.89. The standard InChI is InChI=1S/C61H41NO/c1-3-15-42(16-4-1)43-29-31-44(32-30-43)45-17-13-21-51(39-45)62(52-22-14-18-46(40-52)47-33-38-60-56(41-47)55-25-9-12-28-59(55)63-60)50-36-34-49(35-37-50)61(48-19-5-2-6-20-48)57-26-10-7-23-53(57)54-24-8-11-27-58(54)61/h1-41H. The van der Waals surface area contributed by atoms with Crippen molar-refractivity contribution in [3.8, 4) is 44.5 Å². The molecule has 0 bridgehead atoms. The van der Waals surface area contributed by atoms with E-state index in [2.05, 4.69) is 241 Å². The number of furan rings is 1. The highest BCUT2D eigenvalue weighted by Gasteiger charge is 2.45. The molecule has 0 unspecified atom stereocenters. The fourth-order valence-electron chi connectivity index (χ4n) is 10.1. The first kappa shape index (κ1) is 36.6. The Kier molecular flexibility index (Phi) is 8.76. The number of hydrogen-bond acceptors (Lipinski definition) is 2. The molecule has 0 radical (unpaired) electrons. The number of para-hydroxylation sites is 1. The minimum absolute atomic E-state index is 0.473. The van der Waals surface area contributed by atoms with E-state index in [4.69, 9.17) is 4.42 Å². The fraction of sp³-hybridized carbons (Fsp3) is 0.0164. The highest BCUT2D eigenvalue weighted by Crippen LogP contribution is 2.56. The Morgan fingerprint density at radius 3 is 1.41 bits per heavy atom. The molecule has 1 aromatic heterocycles. The highest BCUT2D eigenvalue weighted by atomic mass is 16.3. The average molecular weight is 804 g/mol. The van der Waals surface area contributed by atoms with Crippen LogP contribution in [-0.2, 0) is 5.41 Å². The second kappa shape index (κ2) is 15.1. The summed E-state index contributed by atoms with van der Waals surface area (Å²) in [5.41, 5.74) is 19.3. The second-order valence-electron chi connectivity index (χ2n) is 16.4. The van der Waals surface area contributed by atoms with E-state index in [1.165, 1.54) is 50.1 Å². The first-order valence-electron chi connectivity index (χ1n) is 21.7. The number of rotatable bonds is 8. The SMILES string of the molecule is c1ccc(-c2ccc(-c3cccc(N(c4ccc(C5(c6ccccc6)c6ccccc6-c6ccccc65)cc4)c4cccc(-c5ccc6oc7ccccc7c6c5)c4)c3)cc2)cc1. The lowest BCUT2D eigenvalue weighted by atomic mass is 9.68. The van der Waals surface area contributed by atoms with Crippen LogP contribution in [0.25, 0.3) is 66.4 Å². The van der Waals surface area contributed by atoms with Gasteiger partial charge in [-0.2, -0.15) is 0 Å². The predicted molar refractivity (Wildman–Crippen MR) is 262 cm³/mol. The molecule has 0 spiro atoms. The van der Waals surface area contributed by atoms with Crippen molar-refractivity contribution in [3.05, 3.63) is 271 Å². The maximum Gasteiger partial charge on any atom is 0.135 e. The third kappa shape index (κ3) is 6.10. The number of benzene rings is 10. The van der Waals surface area contributed by atoms with E-state index in [1.807, 2.05) is 12.1 Å². The maximum atomic E-state index is 6.21. The molecule has 0 fully saturated rings. The first-order chi connectivity index (χ1) is 31.2. The van der Waals surface area contributed by atoms with E-state index in [9.17, 15) is 0 Å². The summed E-state index contributed by atoms with van der Waals surface area (Å²) >= 11 is 0. The normalized spacial score (nSPS) is 12.6. The van der Waals surface area contributed by atoms with Crippen LogP contribution in [0.3, 0.4) is 0 Å². The lowest BCUT2D eigenvalue weighted by Crippen LogP contribution is -2.28. The number of nitrogens with zero attached hydrogens (tertiary/aromatic N) is 1. The number of fused-ring (bicyclic) bond motifs is 6. The Balaban J connectivity index is 1.00. The molecule has 2 nitrogen and oxygen atoms in total. The molecule has 0 saturated heterocycles. The van der Waals surface area contributed by atoms with Crippen LogP contribution in [0, 0.1) is 0 Å². The summed E-state index contributed by atoms with van der Waals surface area (Å²) in [6.07, 6.45) is 0. The Morgan fingerprint density at radius 1 is 0.286 bits per heavy atom. The van der Waals surface area contributed by atoms with Crippen molar-refractivity contribution in [2.45, 2.75) is 5.41 Å². The Bertz CT molecular complexity index is 3390. The van der Waals surface area contributed by atoms with Gasteiger partial charge in [0, 0.05) is 27.8 Å². The van der Waals surface area contributed by atoms with Crippen LogP contribution in [0.5, 0.6) is 0 Å². The van der Waals surface area contributed by atoms with Crippen molar-refractivity contribution in [1.82, 2.24) is 0 Å². The van der Waals surface area contributed by atoms with Crippen LogP contribution >= 0.6 is 0 Å². The molecule has 63 heavy (non-hydrogen) atoms. The minimum atomic E-state index is -0.473. The molecule has 0 aliphatic heterocycles. The largest absolute Gasteiger partial charge is 0.456 e. The summed E-state index contributed by atoms with van der Waals surface area (Å²) in [7, 11) is 0. The van der Waals surface area contributed by atoms with E-state index < -0.39 is 5.41 Å². The molecule has 0 amide bonds. The lowest BCUT2D eigenvalue weighted by Gasteiger charge is -2.34. The third-order valence-electron chi connectivity index (χ3n) is 13.0. The summed E-state index contributed by atoms with van der Waals surface area (Å²) in [6.45, 7) is 0. The Morgan fingerprint density at radius 2 is 0.746 bits per heavy atom. The Labute approximate surface area is 367 Å². The van der Waals surface area contributed by atoms with Crippen LogP contribution in [0.2, 0.25) is 0 Å². The minimum Gasteiger partial charge on any atom is -0.456 e. The smallest absolute Gasteiger partial charge is 0.135 e. The summed E-state index contributed by atoms with van der Waals surface area (Å²) in [5.74, 6) is 0. The van der Waals surface area contributed by atoms with Crippen molar-refractivity contribution in [2.24, 2.45) is 0 Å². The number of anilines is 3. The molecule has 2 heteroatoms. The van der Waals surface area contributed by atoms with Crippen LogP contribution in [0.4, 0.5) is 17.1 Å².